The molecule has 0 radical (unpaired) electrons. The Balaban J connectivity index is 2.86. The fraction of sp³-hybridized carbons (Fsp3) is 0.615. The first kappa shape index (κ1) is 18.2. The SMILES string of the molecule is CC(C)[C@H](OC(=O)c1nsc(Cl)c1Cl)C(=O)NC(C)(C)C. The summed E-state index contributed by atoms with van der Waals surface area (Å²) in [7, 11) is 0. The Morgan fingerprint density at radius 1 is 1.29 bits per heavy atom. The second-order valence-electron chi connectivity index (χ2n) is 5.93. The molecule has 0 saturated carbocycles. The molecule has 1 aromatic heterocycles. The number of hydrogen-bond donors (Lipinski definition) is 1. The third-order valence-electron chi connectivity index (χ3n) is 2.39. The van der Waals surface area contributed by atoms with Gasteiger partial charge in [0.15, 0.2) is 11.8 Å². The molecule has 0 spiro atoms. The summed E-state index contributed by atoms with van der Waals surface area (Å²) in [6.07, 6.45) is -0.923. The van der Waals surface area contributed by atoms with Crippen molar-refractivity contribution in [3.8, 4) is 0 Å². The van der Waals surface area contributed by atoms with Crippen LogP contribution in [0, 0.1) is 5.92 Å². The standard InChI is InChI=1S/C13H18Cl2N2O3S/c1-6(2)9(11(18)16-13(3,4)5)20-12(19)8-7(14)10(15)21-17-8/h6,9H,1-5H3,(H,16,18)/t9-/m0/s1. The maximum atomic E-state index is 12.2. The number of nitrogens with one attached hydrogen (secondary N) is 1. The third-order valence-corrected chi connectivity index (χ3v) is 4.00. The molecule has 0 saturated heterocycles. The van der Waals surface area contributed by atoms with Crippen LogP contribution in [0.15, 0.2) is 0 Å². The first-order chi connectivity index (χ1) is 9.53. The molecule has 0 aliphatic rings. The van der Waals surface area contributed by atoms with Crippen LogP contribution in [0.5, 0.6) is 0 Å². The van der Waals surface area contributed by atoms with Crippen LogP contribution in [0.4, 0.5) is 0 Å². The topological polar surface area (TPSA) is 68.3 Å². The molecule has 1 aromatic rings. The van der Waals surface area contributed by atoms with Gasteiger partial charge in [0, 0.05) is 5.54 Å². The Bertz CT molecular complexity index is 538. The van der Waals surface area contributed by atoms with Crippen LogP contribution < -0.4 is 5.32 Å². The molecule has 1 atom stereocenters. The number of carbonyl (C=O) groups excluding carboxylic acids is 2. The van der Waals surface area contributed by atoms with Crippen molar-refractivity contribution in [3.05, 3.63) is 15.1 Å². The van der Waals surface area contributed by atoms with Crippen LogP contribution in [0.25, 0.3) is 0 Å². The maximum absolute atomic E-state index is 12.2. The van der Waals surface area contributed by atoms with Crippen molar-refractivity contribution in [2.75, 3.05) is 0 Å². The summed E-state index contributed by atoms with van der Waals surface area (Å²) in [5.41, 5.74) is -0.487. The number of hydrogen-bond acceptors (Lipinski definition) is 5. The summed E-state index contributed by atoms with van der Waals surface area (Å²) >= 11 is 12.5. The van der Waals surface area contributed by atoms with Gasteiger partial charge >= 0.3 is 5.97 Å². The molecule has 21 heavy (non-hydrogen) atoms. The summed E-state index contributed by atoms with van der Waals surface area (Å²) in [6.45, 7) is 9.12. The quantitative estimate of drug-likeness (QED) is 0.841. The molecule has 8 heteroatoms. The van der Waals surface area contributed by atoms with Crippen molar-refractivity contribution in [2.24, 2.45) is 5.92 Å². The molecule has 0 bridgehead atoms. The van der Waals surface area contributed by atoms with E-state index < -0.39 is 17.6 Å². The summed E-state index contributed by atoms with van der Waals surface area (Å²) in [5.74, 6) is -1.31. The van der Waals surface area contributed by atoms with Crippen molar-refractivity contribution in [2.45, 2.75) is 46.3 Å². The van der Waals surface area contributed by atoms with E-state index in [1.807, 2.05) is 20.8 Å². The second-order valence-corrected chi connectivity index (χ2v) is 7.68. The number of ether oxygens (including phenoxy) is 1. The van der Waals surface area contributed by atoms with Crippen LogP contribution >= 0.6 is 34.7 Å². The average Bonchev–Trinajstić information content (AvgIpc) is 2.64. The van der Waals surface area contributed by atoms with E-state index >= 15 is 0 Å². The zero-order valence-corrected chi connectivity index (χ0v) is 14.8. The molecule has 0 aliphatic heterocycles. The lowest BCUT2D eigenvalue weighted by Crippen LogP contribution is -2.48. The lowest BCUT2D eigenvalue weighted by atomic mass is 10.0. The Labute approximate surface area is 138 Å². The Hall–Kier alpha value is -0.850. The predicted molar refractivity (Wildman–Crippen MR) is 84.1 cm³/mol. The first-order valence-electron chi connectivity index (χ1n) is 6.36. The highest BCUT2D eigenvalue weighted by Gasteiger charge is 2.31. The van der Waals surface area contributed by atoms with Gasteiger partial charge in [-0.25, -0.2) is 4.79 Å². The Morgan fingerprint density at radius 2 is 1.86 bits per heavy atom. The van der Waals surface area contributed by atoms with E-state index in [1.54, 1.807) is 13.8 Å². The number of esters is 1. The van der Waals surface area contributed by atoms with Crippen molar-refractivity contribution >= 4 is 46.6 Å². The van der Waals surface area contributed by atoms with Gasteiger partial charge < -0.3 is 10.1 Å². The van der Waals surface area contributed by atoms with E-state index in [0.717, 1.165) is 11.5 Å². The zero-order valence-electron chi connectivity index (χ0n) is 12.5. The van der Waals surface area contributed by atoms with Gasteiger partial charge in [-0.15, -0.1) is 0 Å². The van der Waals surface area contributed by atoms with Crippen LogP contribution in [0.2, 0.25) is 9.36 Å². The van der Waals surface area contributed by atoms with Gasteiger partial charge in [-0.1, -0.05) is 37.0 Å². The lowest BCUT2D eigenvalue weighted by Gasteiger charge is -2.26. The molecule has 1 heterocycles. The normalized spacial score (nSPS) is 13.1. The van der Waals surface area contributed by atoms with Gasteiger partial charge in [0.25, 0.3) is 5.91 Å². The van der Waals surface area contributed by atoms with Crippen LogP contribution in [-0.2, 0) is 9.53 Å². The fourth-order valence-corrected chi connectivity index (χ4v) is 2.47. The molecule has 1 rings (SSSR count). The van der Waals surface area contributed by atoms with E-state index in [2.05, 4.69) is 9.69 Å². The summed E-state index contributed by atoms with van der Waals surface area (Å²) < 4.78 is 9.29. The molecule has 118 valence electrons. The van der Waals surface area contributed by atoms with Gasteiger partial charge in [0.05, 0.1) is 0 Å². The molecular weight excluding hydrogens is 335 g/mol. The summed E-state index contributed by atoms with van der Waals surface area (Å²) in [4.78, 5) is 24.3. The minimum absolute atomic E-state index is 0.0467. The average molecular weight is 353 g/mol. The van der Waals surface area contributed by atoms with E-state index in [9.17, 15) is 9.59 Å². The number of amides is 1. The van der Waals surface area contributed by atoms with E-state index in [4.69, 9.17) is 27.9 Å². The van der Waals surface area contributed by atoms with E-state index in [-0.39, 0.29) is 26.9 Å². The second kappa shape index (κ2) is 6.94. The molecule has 0 fully saturated rings. The van der Waals surface area contributed by atoms with Crippen LogP contribution in [-0.4, -0.2) is 27.9 Å². The first-order valence-corrected chi connectivity index (χ1v) is 7.89. The molecule has 0 aliphatic carbocycles. The van der Waals surface area contributed by atoms with Crippen LogP contribution in [0.3, 0.4) is 0 Å². The van der Waals surface area contributed by atoms with Gasteiger partial charge in [-0.3, -0.25) is 4.79 Å². The van der Waals surface area contributed by atoms with Gasteiger partial charge in [-0.2, -0.15) is 4.37 Å². The largest absolute Gasteiger partial charge is 0.447 e. The molecular formula is C13H18Cl2N2O3S. The van der Waals surface area contributed by atoms with Gasteiger partial charge in [-0.05, 0) is 38.2 Å². The molecule has 1 N–H and O–H groups in total. The highest BCUT2D eigenvalue weighted by Crippen LogP contribution is 2.30. The fourth-order valence-electron chi connectivity index (χ4n) is 1.49. The van der Waals surface area contributed by atoms with E-state index in [1.165, 1.54) is 0 Å². The third kappa shape index (κ3) is 5.13. The highest BCUT2D eigenvalue weighted by atomic mass is 35.5. The number of nitrogens with zero attached hydrogens (tertiary/aromatic N) is 1. The smallest absolute Gasteiger partial charge is 0.360 e. The minimum atomic E-state index is -0.923. The Morgan fingerprint density at radius 3 is 2.24 bits per heavy atom. The van der Waals surface area contributed by atoms with Gasteiger partial charge in [0.2, 0.25) is 0 Å². The Kier molecular flexibility index (Phi) is 6.01. The van der Waals surface area contributed by atoms with Crippen molar-refractivity contribution in [1.29, 1.82) is 0 Å². The van der Waals surface area contributed by atoms with E-state index in [0.29, 0.717) is 0 Å². The monoisotopic (exact) mass is 352 g/mol. The molecule has 1 amide bonds. The van der Waals surface area contributed by atoms with Crippen LogP contribution in [0.1, 0.15) is 45.1 Å². The summed E-state index contributed by atoms with van der Waals surface area (Å²) in [6, 6.07) is 0. The van der Waals surface area contributed by atoms with Crippen molar-refractivity contribution in [3.63, 3.8) is 0 Å². The lowest BCUT2D eigenvalue weighted by molar-refractivity contribution is -0.133. The van der Waals surface area contributed by atoms with Gasteiger partial charge in [0.1, 0.15) is 9.36 Å². The highest BCUT2D eigenvalue weighted by molar-refractivity contribution is 7.11. The molecule has 5 nitrogen and oxygen atoms in total. The molecule has 0 aromatic carbocycles. The van der Waals surface area contributed by atoms with Crippen molar-refractivity contribution in [1.82, 2.24) is 9.69 Å². The number of aromatic nitrogens is 1. The molecule has 0 unspecified atom stereocenters. The summed E-state index contributed by atoms with van der Waals surface area (Å²) in [5, 5.41) is 2.83. The minimum Gasteiger partial charge on any atom is -0.447 e. The van der Waals surface area contributed by atoms with Crippen molar-refractivity contribution < 1.29 is 14.3 Å². The number of carbonyl (C=O) groups is 2. The maximum Gasteiger partial charge on any atom is 0.360 e. The zero-order chi connectivity index (χ0) is 16.4. The number of halogens is 2. The number of rotatable bonds is 4. The predicted octanol–water partition coefficient (Wildman–Crippen LogP) is 3.55.